The minimum Gasteiger partial charge on any atom is -0.478 e. The van der Waals surface area contributed by atoms with E-state index in [9.17, 15) is 4.79 Å². The number of rotatable bonds is 3. The van der Waals surface area contributed by atoms with Crippen molar-refractivity contribution in [3.63, 3.8) is 0 Å². The maximum absolute atomic E-state index is 10.8. The van der Waals surface area contributed by atoms with E-state index >= 15 is 0 Å². The van der Waals surface area contributed by atoms with Crippen LogP contribution >= 0.6 is 0 Å². The van der Waals surface area contributed by atoms with E-state index in [0.717, 1.165) is 31.5 Å². The first-order valence-electron chi connectivity index (χ1n) is 4.40. The third-order valence-electron chi connectivity index (χ3n) is 2.13. The van der Waals surface area contributed by atoms with E-state index in [1.165, 1.54) is 0 Å². The summed E-state index contributed by atoms with van der Waals surface area (Å²) < 4.78 is 0. The molecule has 0 amide bonds. The summed E-state index contributed by atoms with van der Waals surface area (Å²) in [6.07, 6.45) is 2.60. The highest BCUT2D eigenvalue weighted by molar-refractivity contribution is 5.87. The van der Waals surface area contributed by atoms with Crippen LogP contribution in [-0.2, 0) is 4.79 Å². The zero-order chi connectivity index (χ0) is 8.97. The van der Waals surface area contributed by atoms with E-state index in [2.05, 4.69) is 12.2 Å². The van der Waals surface area contributed by atoms with Crippen LogP contribution in [0.2, 0.25) is 0 Å². The Morgan fingerprint density at radius 3 is 3.00 bits per heavy atom. The quantitative estimate of drug-likeness (QED) is 0.666. The van der Waals surface area contributed by atoms with Gasteiger partial charge in [-0.05, 0) is 25.0 Å². The number of hydrogen-bond donors (Lipinski definition) is 2. The summed E-state index contributed by atoms with van der Waals surface area (Å²) in [7, 11) is 0. The summed E-state index contributed by atoms with van der Waals surface area (Å²) in [4.78, 5) is 10.8. The molecule has 3 nitrogen and oxygen atoms in total. The lowest BCUT2D eigenvalue weighted by Crippen LogP contribution is -2.27. The van der Waals surface area contributed by atoms with Gasteiger partial charge in [-0.1, -0.05) is 13.3 Å². The Labute approximate surface area is 72.5 Å². The molecule has 0 saturated heterocycles. The summed E-state index contributed by atoms with van der Waals surface area (Å²) in [5.74, 6) is -0.736. The fourth-order valence-corrected chi connectivity index (χ4v) is 1.54. The molecule has 0 bridgehead atoms. The van der Waals surface area contributed by atoms with Crippen LogP contribution in [0.3, 0.4) is 0 Å². The predicted octanol–water partition coefficient (Wildman–Crippen LogP) is 1.16. The van der Waals surface area contributed by atoms with Crippen LogP contribution in [0, 0.1) is 0 Å². The molecule has 0 unspecified atom stereocenters. The van der Waals surface area contributed by atoms with Crippen molar-refractivity contribution in [2.75, 3.05) is 13.1 Å². The number of aliphatic carboxylic acids is 1. The first-order valence-corrected chi connectivity index (χ1v) is 4.40. The average Bonchev–Trinajstić information content (AvgIpc) is 2.05. The van der Waals surface area contributed by atoms with Gasteiger partial charge in [-0.25, -0.2) is 4.79 Å². The molecule has 0 spiro atoms. The Morgan fingerprint density at radius 1 is 1.67 bits per heavy atom. The second-order valence-corrected chi connectivity index (χ2v) is 3.06. The molecule has 0 aromatic rings. The average molecular weight is 169 g/mol. The van der Waals surface area contributed by atoms with E-state index in [4.69, 9.17) is 5.11 Å². The highest BCUT2D eigenvalue weighted by atomic mass is 16.4. The Bertz CT molecular complexity index is 209. The van der Waals surface area contributed by atoms with Crippen LogP contribution in [-0.4, -0.2) is 24.2 Å². The molecule has 0 fully saturated rings. The number of carboxylic acid groups (broad SMARTS) is 1. The van der Waals surface area contributed by atoms with Gasteiger partial charge in [0.05, 0.1) is 0 Å². The van der Waals surface area contributed by atoms with Gasteiger partial charge in [-0.2, -0.15) is 0 Å². The molecule has 0 aromatic heterocycles. The highest BCUT2D eigenvalue weighted by Gasteiger charge is 2.16. The molecule has 0 atom stereocenters. The van der Waals surface area contributed by atoms with E-state index in [0.29, 0.717) is 12.0 Å². The zero-order valence-corrected chi connectivity index (χ0v) is 7.39. The van der Waals surface area contributed by atoms with Crippen molar-refractivity contribution < 1.29 is 9.90 Å². The van der Waals surface area contributed by atoms with Crippen LogP contribution in [0.25, 0.3) is 0 Å². The van der Waals surface area contributed by atoms with Gasteiger partial charge in [-0.3, -0.25) is 0 Å². The fraction of sp³-hybridized carbons (Fsp3) is 0.667. The predicted molar refractivity (Wildman–Crippen MR) is 47.1 cm³/mol. The molecule has 2 N–H and O–H groups in total. The van der Waals surface area contributed by atoms with E-state index < -0.39 is 5.97 Å². The molecule has 1 rings (SSSR count). The van der Waals surface area contributed by atoms with Gasteiger partial charge < -0.3 is 10.4 Å². The first kappa shape index (κ1) is 9.26. The lowest BCUT2D eigenvalue weighted by Gasteiger charge is -2.18. The smallest absolute Gasteiger partial charge is 0.331 e. The summed E-state index contributed by atoms with van der Waals surface area (Å²) >= 11 is 0. The molecule has 68 valence electrons. The summed E-state index contributed by atoms with van der Waals surface area (Å²) in [6.45, 7) is 3.63. The van der Waals surface area contributed by atoms with Gasteiger partial charge in [0.2, 0.25) is 0 Å². The van der Waals surface area contributed by atoms with Gasteiger partial charge in [0.1, 0.15) is 0 Å². The summed E-state index contributed by atoms with van der Waals surface area (Å²) in [5, 5.41) is 12.0. The number of nitrogens with one attached hydrogen (secondary N) is 1. The van der Waals surface area contributed by atoms with Gasteiger partial charge in [0.15, 0.2) is 0 Å². The number of hydrogen-bond acceptors (Lipinski definition) is 2. The Balaban J connectivity index is 2.75. The van der Waals surface area contributed by atoms with Gasteiger partial charge in [0.25, 0.3) is 0 Å². The fourth-order valence-electron chi connectivity index (χ4n) is 1.54. The van der Waals surface area contributed by atoms with Crippen molar-refractivity contribution in [1.82, 2.24) is 5.32 Å². The van der Waals surface area contributed by atoms with Crippen molar-refractivity contribution >= 4 is 5.97 Å². The SMILES string of the molecule is CCCC1=C(C(=O)O)CCNC1. The number of carboxylic acids is 1. The molecule has 12 heavy (non-hydrogen) atoms. The van der Waals surface area contributed by atoms with Gasteiger partial charge in [-0.15, -0.1) is 0 Å². The van der Waals surface area contributed by atoms with Crippen LogP contribution in [0.1, 0.15) is 26.2 Å². The molecule has 3 heteroatoms. The number of carbonyl (C=O) groups is 1. The van der Waals surface area contributed by atoms with E-state index in [1.807, 2.05) is 0 Å². The molecule has 0 aliphatic carbocycles. The summed E-state index contributed by atoms with van der Waals surface area (Å²) in [5.41, 5.74) is 1.71. The van der Waals surface area contributed by atoms with Crippen LogP contribution in [0.15, 0.2) is 11.1 Å². The molecular weight excluding hydrogens is 154 g/mol. The monoisotopic (exact) mass is 169 g/mol. The van der Waals surface area contributed by atoms with Crippen LogP contribution in [0.5, 0.6) is 0 Å². The maximum Gasteiger partial charge on any atom is 0.331 e. The minimum absolute atomic E-state index is 0.635. The van der Waals surface area contributed by atoms with E-state index in [1.54, 1.807) is 0 Å². The van der Waals surface area contributed by atoms with Crippen molar-refractivity contribution in [2.24, 2.45) is 0 Å². The summed E-state index contributed by atoms with van der Waals surface area (Å²) in [6, 6.07) is 0. The molecule has 1 aliphatic rings. The molecule has 0 saturated carbocycles. The van der Waals surface area contributed by atoms with Crippen molar-refractivity contribution in [2.45, 2.75) is 26.2 Å². The molecular formula is C9H15NO2. The van der Waals surface area contributed by atoms with Crippen molar-refractivity contribution in [3.8, 4) is 0 Å². The van der Waals surface area contributed by atoms with Crippen LogP contribution < -0.4 is 5.32 Å². The molecule has 0 aromatic carbocycles. The largest absolute Gasteiger partial charge is 0.478 e. The Morgan fingerprint density at radius 2 is 2.42 bits per heavy atom. The normalized spacial score (nSPS) is 18.1. The van der Waals surface area contributed by atoms with Gasteiger partial charge >= 0.3 is 5.97 Å². The zero-order valence-electron chi connectivity index (χ0n) is 7.39. The Kier molecular flexibility index (Phi) is 3.29. The standard InChI is InChI=1S/C9H15NO2/c1-2-3-7-6-10-5-4-8(7)9(11)12/h10H,2-6H2,1H3,(H,11,12). The lowest BCUT2D eigenvalue weighted by atomic mass is 9.98. The van der Waals surface area contributed by atoms with Crippen molar-refractivity contribution in [3.05, 3.63) is 11.1 Å². The van der Waals surface area contributed by atoms with E-state index in [-0.39, 0.29) is 0 Å². The maximum atomic E-state index is 10.8. The van der Waals surface area contributed by atoms with Crippen molar-refractivity contribution in [1.29, 1.82) is 0 Å². The third-order valence-corrected chi connectivity index (χ3v) is 2.13. The minimum atomic E-state index is -0.736. The third kappa shape index (κ3) is 2.08. The lowest BCUT2D eigenvalue weighted by molar-refractivity contribution is -0.132. The van der Waals surface area contributed by atoms with Gasteiger partial charge in [0, 0.05) is 12.1 Å². The topological polar surface area (TPSA) is 49.3 Å². The second kappa shape index (κ2) is 4.26. The Hall–Kier alpha value is -0.830. The first-order chi connectivity index (χ1) is 5.75. The molecule has 1 heterocycles. The second-order valence-electron chi connectivity index (χ2n) is 3.06. The highest BCUT2D eigenvalue weighted by Crippen LogP contribution is 2.16. The molecule has 1 aliphatic heterocycles. The van der Waals surface area contributed by atoms with Crippen LogP contribution in [0.4, 0.5) is 0 Å². The molecule has 0 radical (unpaired) electrons.